The van der Waals surface area contributed by atoms with Gasteiger partial charge < -0.3 is 4.52 Å². The van der Waals surface area contributed by atoms with Crippen molar-refractivity contribution in [1.82, 2.24) is 15.5 Å². The minimum absolute atomic E-state index is 0.244. The molecule has 25 heavy (non-hydrogen) atoms. The molecule has 1 saturated heterocycles. The molecular weight excluding hydrogens is 320 g/mol. The number of anilines is 1. The fourth-order valence-corrected chi connectivity index (χ4v) is 3.50. The van der Waals surface area contributed by atoms with E-state index in [2.05, 4.69) is 15.5 Å². The lowest BCUT2D eigenvalue weighted by Crippen LogP contribution is -2.49. The van der Waals surface area contributed by atoms with Crippen LogP contribution in [0.3, 0.4) is 0 Å². The van der Waals surface area contributed by atoms with E-state index in [0.717, 1.165) is 24.2 Å². The molecule has 1 aromatic heterocycles. The number of carbonyl (C=O) groups is 2. The number of aromatic nitrogens is 2. The number of nitrogens with zero attached hydrogens (tertiary/aromatic N) is 3. The highest BCUT2D eigenvalue weighted by Crippen LogP contribution is 2.32. The van der Waals surface area contributed by atoms with Gasteiger partial charge in [-0.15, -0.1) is 0 Å². The Morgan fingerprint density at radius 2 is 2.00 bits per heavy atom. The maximum Gasteiger partial charge on any atom is 0.328 e. The molecule has 0 radical (unpaired) electrons. The van der Waals surface area contributed by atoms with E-state index < -0.39 is 6.03 Å². The van der Waals surface area contributed by atoms with Gasteiger partial charge in [-0.25, -0.2) is 4.79 Å². The Labute approximate surface area is 145 Å². The number of nitrogens with one attached hydrogen (secondary N) is 1. The predicted molar refractivity (Wildman–Crippen MR) is 91.1 cm³/mol. The average molecular weight is 340 g/mol. The van der Waals surface area contributed by atoms with Crippen molar-refractivity contribution in [3.05, 3.63) is 30.1 Å². The summed E-state index contributed by atoms with van der Waals surface area (Å²) < 4.78 is 5.46. The smallest absolute Gasteiger partial charge is 0.328 e. The van der Waals surface area contributed by atoms with Crippen molar-refractivity contribution in [3.8, 4) is 11.5 Å². The minimum Gasteiger partial charge on any atom is -0.334 e. The number of hydrogen-bond acceptors (Lipinski definition) is 5. The zero-order chi connectivity index (χ0) is 17.2. The van der Waals surface area contributed by atoms with E-state index in [0.29, 0.717) is 30.5 Å². The molecule has 130 valence electrons. The Bertz CT molecular complexity index is 795. The Hall–Kier alpha value is -2.70. The monoisotopic (exact) mass is 340 g/mol. The van der Waals surface area contributed by atoms with Gasteiger partial charge in [0.2, 0.25) is 5.91 Å². The molecule has 3 amide bonds. The summed E-state index contributed by atoms with van der Waals surface area (Å²) in [5.41, 5.74) is 1.48. The molecule has 0 atom stereocenters. The Balaban J connectivity index is 1.56. The van der Waals surface area contributed by atoms with Crippen molar-refractivity contribution in [2.75, 3.05) is 11.4 Å². The topological polar surface area (TPSA) is 88.3 Å². The van der Waals surface area contributed by atoms with E-state index >= 15 is 0 Å². The van der Waals surface area contributed by atoms with Crippen LogP contribution in [0.25, 0.3) is 11.5 Å². The second-order valence-electron chi connectivity index (χ2n) is 6.60. The van der Waals surface area contributed by atoms with Crippen molar-refractivity contribution in [2.45, 2.75) is 44.4 Å². The summed E-state index contributed by atoms with van der Waals surface area (Å²) in [7, 11) is 0. The van der Waals surface area contributed by atoms with Gasteiger partial charge in [-0.2, -0.15) is 4.98 Å². The lowest BCUT2D eigenvalue weighted by Gasteiger charge is -2.26. The van der Waals surface area contributed by atoms with E-state index in [4.69, 9.17) is 4.52 Å². The van der Waals surface area contributed by atoms with Crippen molar-refractivity contribution < 1.29 is 14.1 Å². The molecule has 2 fully saturated rings. The molecule has 1 aromatic carbocycles. The van der Waals surface area contributed by atoms with Gasteiger partial charge in [0.15, 0.2) is 5.82 Å². The van der Waals surface area contributed by atoms with Crippen LogP contribution in [0, 0.1) is 0 Å². The van der Waals surface area contributed by atoms with E-state index in [-0.39, 0.29) is 5.91 Å². The normalized spacial score (nSPS) is 19.1. The molecule has 1 aliphatic carbocycles. The maximum absolute atomic E-state index is 12.0. The molecule has 4 rings (SSSR count). The first kappa shape index (κ1) is 15.8. The van der Waals surface area contributed by atoms with E-state index in [1.54, 1.807) is 4.90 Å². The summed E-state index contributed by atoms with van der Waals surface area (Å²) >= 11 is 0. The molecule has 1 aliphatic heterocycles. The summed E-state index contributed by atoms with van der Waals surface area (Å²) in [5.74, 6) is 1.39. The van der Waals surface area contributed by atoms with Crippen molar-refractivity contribution in [1.29, 1.82) is 0 Å². The van der Waals surface area contributed by atoms with Crippen LogP contribution in [0.2, 0.25) is 0 Å². The zero-order valence-electron chi connectivity index (χ0n) is 13.9. The van der Waals surface area contributed by atoms with Crippen molar-refractivity contribution in [2.24, 2.45) is 0 Å². The first-order valence-corrected chi connectivity index (χ1v) is 8.76. The summed E-state index contributed by atoms with van der Waals surface area (Å²) in [5, 5.41) is 6.49. The summed E-state index contributed by atoms with van der Waals surface area (Å²) in [4.78, 5) is 29.4. The highest BCUT2D eigenvalue weighted by Gasteiger charge is 2.25. The highest BCUT2D eigenvalue weighted by atomic mass is 16.5. The summed E-state index contributed by atoms with van der Waals surface area (Å²) in [6.45, 7) is 0.366. The van der Waals surface area contributed by atoms with Crippen LogP contribution in [0.15, 0.2) is 28.8 Å². The number of benzene rings is 1. The molecule has 2 aromatic rings. The molecule has 2 aliphatic rings. The molecule has 1 N–H and O–H groups in total. The van der Waals surface area contributed by atoms with Crippen LogP contribution in [0.4, 0.5) is 10.5 Å². The lowest BCUT2D eigenvalue weighted by molar-refractivity contribution is -0.120. The number of hydrogen-bond donors (Lipinski definition) is 1. The van der Waals surface area contributed by atoms with Gasteiger partial charge in [-0.05, 0) is 31.0 Å². The third-order valence-electron chi connectivity index (χ3n) is 4.87. The third kappa shape index (κ3) is 3.26. The predicted octanol–water partition coefficient (Wildman–Crippen LogP) is 3.23. The van der Waals surface area contributed by atoms with Crippen LogP contribution in [-0.2, 0) is 4.79 Å². The SMILES string of the molecule is O=C1CCN(c2cccc(-c3nc(C4CCCCC4)no3)c2)C(=O)N1. The van der Waals surface area contributed by atoms with E-state index in [1.165, 1.54) is 19.3 Å². The van der Waals surface area contributed by atoms with Crippen molar-refractivity contribution >= 4 is 17.6 Å². The average Bonchev–Trinajstić information content (AvgIpc) is 3.13. The van der Waals surface area contributed by atoms with Crippen LogP contribution < -0.4 is 10.2 Å². The Morgan fingerprint density at radius 3 is 2.80 bits per heavy atom. The molecule has 1 saturated carbocycles. The van der Waals surface area contributed by atoms with Gasteiger partial charge in [-0.3, -0.25) is 15.0 Å². The minimum atomic E-state index is -0.401. The first-order valence-electron chi connectivity index (χ1n) is 8.76. The van der Waals surface area contributed by atoms with Crippen molar-refractivity contribution in [3.63, 3.8) is 0 Å². The van der Waals surface area contributed by atoms with Gasteiger partial charge in [0.1, 0.15) is 0 Å². The molecule has 0 bridgehead atoms. The summed E-state index contributed by atoms with van der Waals surface area (Å²) in [6.07, 6.45) is 6.23. The van der Waals surface area contributed by atoms with Gasteiger partial charge in [-0.1, -0.05) is 30.5 Å². The molecule has 7 heteroatoms. The van der Waals surface area contributed by atoms with E-state index in [1.807, 2.05) is 24.3 Å². The van der Waals surface area contributed by atoms with E-state index in [9.17, 15) is 9.59 Å². The van der Waals surface area contributed by atoms with Crippen LogP contribution in [0.5, 0.6) is 0 Å². The molecule has 2 heterocycles. The molecular formula is C18H20N4O3. The Kier molecular flexibility index (Phi) is 4.21. The van der Waals surface area contributed by atoms with Gasteiger partial charge in [0.25, 0.3) is 5.89 Å². The zero-order valence-corrected chi connectivity index (χ0v) is 13.9. The molecule has 0 spiro atoms. The second-order valence-corrected chi connectivity index (χ2v) is 6.60. The standard InChI is InChI=1S/C18H20N4O3/c23-15-9-10-22(18(24)19-15)14-8-4-7-13(11-14)17-20-16(21-25-17)12-5-2-1-3-6-12/h4,7-8,11-12H,1-3,5-6,9-10H2,(H,19,23,24). The summed E-state index contributed by atoms with van der Waals surface area (Å²) in [6, 6.07) is 7.00. The fourth-order valence-electron chi connectivity index (χ4n) is 3.50. The lowest BCUT2D eigenvalue weighted by atomic mass is 9.89. The first-order chi connectivity index (χ1) is 12.2. The molecule has 7 nitrogen and oxygen atoms in total. The van der Waals surface area contributed by atoms with Gasteiger partial charge >= 0.3 is 6.03 Å². The number of urea groups is 1. The maximum atomic E-state index is 12.0. The quantitative estimate of drug-likeness (QED) is 0.926. The number of carbonyl (C=O) groups excluding carboxylic acids is 2. The Morgan fingerprint density at radius 1 is 1.16 bits per heavy atom. The highest BCUT2D eigenvalue weighted by molar-refractivity contribution is 6.05. The third-order valence-corrected chi connectivity index (χ3v) is 4.87. The number of imide groups is 1. The van der Waals surface area contributed by atoms with Crippen LogP contribution in [0.1, 0.15) is 50.3 Å². The van der Waals surface area contributed by atoms with Gasteiger partial charge in [0.05, 0.1) is 0 Å². The van der Waals surface area contributed by atoms with Gasteiger partial charge in [0, 0.05) is 30.1 Å². The fraction of sp³-hybridized carbons (Fsp3) is 0.444. The largest absolute Gasteiger partial charge is 0.334 e. The molecule has 0 unspecified atom stereocenters. The number of rotatable bonds is 3. The second kappa shape index (κ2) is 6.66. The number of amides is 3. The van der Waals surface area contributed by atoms with Crippen LogP contribution >= 0.6 is 0 Å². The van der Waals surface area contributed by atoms with Crippen LogP contribution in [-0.4, -0.2) is 28.6 Å².